The molecule has 0 saturated carbocycles. The molecule has 0 rings (SSSR count). The van der Waals surface area contributed by atoms with Crippen molar-refractivity contribution in [3.63, 3.8) is 0 Å². The molecular weight excluding hydrogens is 144 g/mol. The van der Waals surface area contributed by atoms with Crippen LogP contribution in [0.15, 0.2) is 12.7 Å². The second-order valence-corrected chi connectivity index (χ2v) is 1.20. The molecule has 0 aromatic heterocycles. The van der Waals surface area contributed by atoms with Gasteiger partial charge in [0.2, 0.25) is 0 Å². The molecule has 3 nitrogen and oxygen atoms in total. The Bertz CT molecular complexity index is 92.2. The van der Waals surface area contributed by atoms with Crippen molar-refractivity contribution in [1.29, 1.82) is 0 Å². The van der Waals surface area contributed by atoms with E-state index in [1.807, 2.05) is 0 Å². The van der Waals surface area contributed by atoms with E-state index >= 15 is 0 Å². The Kier molecular flexibility index (Phi) is 9.35. The Balaban J connectivity index is 0. The quantitative estimate of drug-likeness (QED) is 0.477. The minimum Gasteiger partial charge on any atom is -0.480 e. The number of hydrogen-bond acceptors (Lipinski definition) is 2. The van der Waals surface area contributed by atoms with Crippen LogP contribution < -0.4 is 0 Å². The second kappa shape index (κ2) is 7.46. The molecule has 0 aliphatic heterocycles. The lowest BCUT2D eigenvalue weighted by atomic mass is 10.7. The number of hydrogen-bond donors (Lipinski definition) is 1. The summed E-state index contributed by atoms with van der Waals surface area (Å²) in [5.41, 5.74) is 0. The third kappa shape index (κ3) is 11.2. The number of carboxylic acid groups (broad SMARTS) is 1. The van der Waals surface area contributed by atoms with Gasteiger partial charge in [-0.3, -0.25) is 0 Å². The molecule has 0 amide bonds. The third-order valence-corrected chi connectivity index (χ3v) is 0.461. The largest absolute Gasteiger partial charge is 0.480 e. The van der Waals surface area contributed by atoms with Gasteiger partial charge < -0.3 is 9.84 Å². The van der Waals surface area contributed by atoms with E-state index in [9.17, 15) is 4.79 Å². The monoisotopic (exact) mass is 152 g/mol. The third-order valence-electron chi connectivity index (χ3n) is 0.461. The number of carboxylic acids is 1. The van der Waals surface area contributed by atoms with Gasteiger partial charge in [-0.1, -0.05) is 6.08 Å². The van der Waals surface area contributed by atoms with Gasteiger partial charge >= 0.3 is 5.97 Å². The fourth-order valence-electron chi connectivity index (χ4n) is 0.230. The normalized spacial score (nSPS) is 7.56. The van der Waals surface area contributed by atoms with Gasteiger partial charge in [0, 0.05) is 0 Å². The molecule has 0 unspecified atom stereocenters. The van der Waals surface area contributed by atoms with E-state index in [2.05, 4.69) is 11.3 Å². The van der Waals surface area contributed by atoms with Crippen LogP contribution in [0, 0.1) is 0 Å². The zero-order valence-corrected chi connectivity index (χ0v) is 5.69. The highest BCUT2D eigenvalue weighted by Crippen LogP contribution is 1.72. The molecular formula is C5H9ClO3. The zero-order valence-electron chi connectivity index (χ0n) is 4.87. The molecule has 4 heteroatoms. The van der Waals surface area contributed by atoms with Crippen LogP contribution in [0.5, 0.6) is 0 Å². The van der Waals surface area contributed by atoms with Crippen molar-refractivity contribution >= 4 is 18.4 Å². The van der Waals surface area contributed by atoms with E-state index in [0.717, 1.165) is 0 Å². The number of ether oxygens (including phenoxy) is 1. The first kappa shape index (κ1) is 11.3. The van der Waals surface area contributed by atoms with Gasteiger partial charge in [-0.2, -0.15) is 0 Å². The number of halogens is 1. The van der Waals surface area contributed by atoms with Gasteiger partial charge in [-0.15, -0.1) is 19.0 Å². The summed E-state index contributed by atoms with van der Waals surface area (Å²) >= 11 is 0. The average molecular weight is 153 g/mol. The Morgan fingerprint density at radius 2 is 2.33 bits per heavy atom. The van der Waals surface area contributed by atoms with Gasteiger partial charge in [-0.25, -0.2) is 4.79 Å². The highest BCUT2D eigenvalue weighted by atomic mass is 35.5. The van der Waals surface area contributed by atoms with E-state index in [4.69, 9.17) is 5.11 Å². The summed E-state index contributed by atoms with van der Waals surface area (Å²) in [7, 11) is 0. The predicted octanol–water partition coefficient (Wildman–Crippen LogP) is 0.695. The van der Waals surface area contributed by atoms with Crippen LogP contribution in [-0.2, 0) is 9.53 Å². The Hall–Kier alpha value is -0.540. The van der Waals surface area contributed by atoms with Crippen LogP contribution in [0.2, 0.25) is 0 Å². The van der Waals surface area contributed by atoms with Crippen LogP contribution in [0.3, 0.4) is 0 Å². The number of rotatable bonds is 4. The average Bonchev–Trinajstić information content (AvgIpc) is 1.66. The second-order valence-electron chi connectivity index (χ2n) is 1.20. The molecule has 9 heavy (non-hydrogen) atoms. The lowest BCUT2D eigenvalue weighted by molar-refractivity contribution is -0.141. The fourth-order valence-corrected chi connectivity index (χ4v) is 0.230. The van der Waals surface area contributed by atoms with E-state index in [0.29, 0.717) is 6.61 Å². The van der Waals surface area contributed by atoms with Crippen LogP contribution in [0.25, 0.3) is 0 Å². The van der Waals surface area contributed by atoms with Gasteiger partial charge in [0.05, 0.1) is 6.61 Å². The number of carbonyl (C=O) groups is 1. The molecule has 0 atom stereocenters. The maximum atomic E-state index is 9.71. The first-order valence-corrected chi connectivity index (χ1v) is 2.18. The summed E-state index contributed by atoms with van der Waals surface area (Å²) < 4.78 is 4.53. The van der Waals surface area contributed by atoms with Crippen molar-refractivity contribution in [2.24, 2.45) is 0 Å². The van der Waals surface area contributed by atoms with Crippen LogP contribution in [-0.4, -0.2) is 24.3 Å². The summed E-state index contributed by atoms with van der Waals surface area (Å²) in [6, 6.07) is 0. The Labute approximate surface area is 59.7 Å². The minimum atomic E-state index is -0.952. The van der Waals surface area contributed by atoms with E-state index in [1.54, 1.807) is 0 Å². The van der Waals surface area contributed by atoms with Gasteiger partial charge in [0.25, 0.3) is 0 Å². The summed E-state index contributed by atoms with van der Waals surface area (Å²) in [5.74, 6) is -0.952. The molecule has 0 aromatic rings. The van der Waals surface area contributed by atoms with Gasteiger partial charge in [-0.05, 0) is 0 Å². The van der Waals surface area contributed by atoms with Gasteiger partial charge in [0.1, 0.15) is 6.61 Å². The molecule has 0 fully saturated rings. The molecule has 0 spiro atoms. The molecule has 54 valence electrons. The lowest BCUT2D eigenvalue weighted by Gasteiger charge is -1.91. The highest BCUT2D eigenvalue weighted by Gasteiger charge is 1.91. The SMILES string of the molecule is C=CCOCC(=O)O.Cl. The molecule has 0 saturated heterocycles. The topological polar surface area (TPSA) is 46.5 Å². The van der Waals surface area contributed by atoms with Crippen LogP contribution in [0.4, 0.5) is 0 Å². The van der Waals surface area contributed by atoms with Crippen LogP contribution in [0.1, 0.15) is 0 Å². The summed E-state index contributed by atoms with van der Waals surface area (Å²) in [5, 5.41) is 7.98. The smallest absolute Gasteiger partial charge is 0.329 e. The van der Waals surface area contributed by atoms with Crippen molar-refractivity contribution < 1.29 is 14.6 Å². The highest BCUT2D eigenvalue weighted by molar-refractivity contribution is 5.85. The molecule has 1 N–H and O–H groups in total. The first-order chi connectivity index (χ1) is 3.77. The van der Waals surface area contributed by atoms with Crippen molar-refractivity contribution in [2.45, 2.75) is 0 Å². The predicted molar refractivity (Wildman–Crippen MR) is 35.9 cm³/mol. The van der Waals surface area contributed by atoms with E-state index in [1.165, 1.54) is 6.08 Å². The molecule has 0 aliphatic rings. The number of aliphatic carboxylic acids is 1. The van der Waals surface area contributed by atoms with Crippen molar-refractivity contribution in [2.75, 3.05) is 13.2 Å². The summed E-state index contributed by atoms with van der Waals surface area (Å²) in [6.07, 6.45) is 1.50. The van der Waals surface area contributed by atoms with E-state index in [-0.39, 0.29) is 19.0 Å². The summed E-state index contributed by atoms with van der Waals surface area (Å²) in [6.45, 7) is 3.39. The van der Waals surface area contributed by atoms with Gasteiger partial charge in [0.15, 0.2) is 0 Å². The molecule has 0 bridgehead atoms. The van der Waals surface area contributed by atoms with Crippen LogP contribution >= 0.6 is 12.4 Å². The maximum absolute atomic E-state index is 9.71. The Morgan fingerprint density at radius 1 is 1.78 bits per heavy atom. The lowest BCUT2D eigenvalue weighted by Crippen LogP contribution is -2.06. The molecule has 0 heterocycles. The molecule has 0 aromatic carbocycles. The molecule has 0 aliphatic carbocycles. The first-order valence-electron chi connectivity index (χ1n) is 2.18. The zero-order chi connectivity index (χ0) is 6.41. The molecule has 0 radical (unpaired) electrons. The van der Waals surface area contributed by atoms with Crippen molar-refractivity contribution in [1.82, 2.24) is 0 Å². The Morgan fingerprint density at radius 3 is 2.67 bits per heavy atom. The fraction of sp³-hybridized carbons (Fsp3) is 0.400. The van der Waals surface area contributed by atoms with Crippen molar-refractivity contribution in [3.8, 4) is 0 Å². The maximum Gasteiger partial charge on any atom is 0.329 e. The minimum absolute atomic E-state index is 0. The van der Waals surface area contributed by atoms with E-state index < -0.39 is 5.97 Å². The van der Waals surface area contributed by atoms with Crippen molar-refractivity contribution in [3.05, 3.63) is 12.7 Å². The summed E-state index contributed by atoms with van der Waals surface area (Å²) in [4.78, 5) is 9.71. The standard InChI is InChI=1S/C5H8O3.ClH/c1-2-3-8-4-5(6)7;/h2H,1,3-4H2,(H,6,7);1H.